The van der Waals surface area contributed by atoms with Gasteiger partial charge in [-0.05, 0) is 25.9 Å². The van der Waals surface area contributed by atoms with Gasteiger partial charge < -0.3 is 14.6 Å². The van der Waals surface area contributed by atoms with Gasteiger partial charge >= 0.3 is 0 Å². The first-order chi connectivity index (χ1) is 9.24. The minimum Gasteiger partial charge on any atom is -0.403 e. The van der Waals surface area contributed by atoms with Gasteiger partial charge in [-0.2, -0.15) is 4.98 Å². The van der Waals surface area contributed by atoms with Crippen molar-refractivity contribution in [1.29, 1.82) is 0 Å². The number of piperidine rings is 1. The number of halogens is 1. The molecule has 0 unspecified atom stereocenters. The van der Waals surface area contributed by atoms with Gasteiger partial charge in [-0.25, -0.2) is 9.97 Å². The van der Waals surface area contributed by atoms with Crippen molar-refractivity contribution in [1.82, 2.24) is 19.9 Å². The Labute approximate surface area is 116 Å². The van der Waals surface area contributed by atoms with Crippen LogP contribution in [0.1, 0.15) is 19.8 Å². The van der Waals surface area contributed by atoms with Crippen LogP contribution >= 0.6 is 11.6 Å². The van der Waals surface area contributed by atoms with E-state index in [1.165, 1.54) is 19.2 Å². The Bertz CT molecular complexity index is 572. The lowest BCUT2D eigenvalue weighted by atomic mass is 10.1. The quantitative estimate of drug-likeness (QED) is 0.930. The third-order valence-corrected chi connectivity index (χ3v) is 3.56. The molecule has 0 saturated carbocycles. The molecule has 1 aliphatic rings. The Balaban J connectivity index is 1.74. The van der Waals surface area contributed by atoms with Crippen molar-refractivity contribution in [3.05, 3.63) is 11.3 Å². The number of nitrogens with one attached hydrogen (secondary N) is 1. The molecule has 1 aliphatic heterocycles. The summed E-state index contributed by atoms with van der Waals surface area (Å²) >= 11 is 5.78. The minimum atomic E-state index is 0.321. The van der Waals surface area contributed by atoms with E-state index in [1.807, 2.05) is 0 Å². The van der Waals surface area contributed by atoms with Crippen LogP contribution in [0.15, 0.2) is 10.6 Å². The summed E-state index contributed by atoms with van der Waals surface area (Å²) in [7, 11) is 0. The van der Waals surface area contributed by atoms with Crippen LogP contribution in [0, 0.1) is 0 Å². The van der Waals surface area contributed by atoms with Gasteiger partial charge in [-0.1, -0.05) is 18.5 Å². The van der Waals surface area contributed by atoms with Crippen molar-refractivity contribution in [2.75, 3.05) is 25.0 Å². The summed E-state index contributed by atoms with van der Waals surface area (Å²) in [5.74, 6) is 0. The van der Waals surface area contributed by atoms with Crippen LogP contribution < -0.4 is 5.32 Å². The Hall–Kier alpha value is -1.40. The molecule has 1 N–H and O–H groups in total. The molecule has 2 aromatic heterocycles. The second-order valence-electron chi connectivity index (χ2n) is 4.72. The number of hydrogen-bond acceptors (Lipinski definition) is 6. The Morgan fingerprint density at radius 1 is 1.53 bits per heavy atom. The van der Waals surface area contributed by atoms with Crippen LogP contribution in [0.25, 0.3) is 11.4 Å². The van der Waals surface area contributed by atoms with Gasteiger partial charge in [0.1, 0.15) is 5.15 Å². The molecule has 0 spiro atoms. The third kappa shape index (κ3) is 2.79. The number of anilines is 1. The molecule has 102 valence electrons. The second-order valence-corrected chi connectivity index (χ2v) is 5.10. The van der Waals surface area contributed by atoms with Crippen molar-refractivity contribution in [3.63, 3.8) is 0 Å². The molecule has 6 nitrogen and oxygen atoms in total. The number of likely N-dealkylation sites (N-methyl/N-ethyl adjacent to an activating group) is 1. The molecule has 1 atom stereocenters. The zero-order valence-corrected chi connectivity index (χ0v) is 11.5. The summed E-state index contributed by atoms with van der Waals surface area (Å²) in [5, 5.41) is 3.63. The Morgan fingerprint density at radius 2 is 2.42 bits per heavy atom. The molecule has 0 bridgehead atoms. The average molecular weight is 282 g/mol. The standard InChI is InChI=1S/C12H16ClN5O/c1-2-18-5-3-4-8(7-18)15-12-17-10-11(19-12)14-6-9(13)16-10/h6,8H,2-5,7H2,1H3,(H,15,16,17)/t8-/m1/s1. The lowest BCUT2D eigenvalue weighted by Gasteiger charge is -2.31. The third-order valence-electron chi connectivity index (χ3n) is 3.37. The highest BCUT2D eigenvalue weighted by Crippen LogP contribution is 2.19. The van der Waals surface area contributed by atoms with Gasteiger partial charge in [-0.15, -0.1) is 0 Å². The van der Waals surface area contributed by atoms with Crippen LogP contribution in [0.5, 0.6) is 0 Å². The monoisotopic (exact) mass is 281 g/mol. The second kappa shape index (κ2) is 5.30. The summed E-state index contributed by atoms with van der Waals surface area (Å²) in [6.45, 7) is 5.43. The number of fused-ring (bicyclic) bond motifs is 1. The molecule has 1 saturated heterocycles. The van der Waals surface area contributed by atoms with E-state index in [0.29, 0.717) is 28.6 Å². The fourth-order valence-corrected chi connectivity index (χ4v) is 2.53. The van der Waals surface area contributed by atoms with E-state index in [0.717, 1.165) is 19.5 Å². The van der Waals surface area contributed by atoms with Crippen LogP contribution in [0.3, 0.4) is 0 Å². The zero-order valence-electron chi connectivity index (χ0n) is 10.8. The molecule has 2 aromatic rings. The largest absolute Gasteiger partial charge is 0.403 e. The molecule has 0 amide bonds. The molecular weight excluding hydrogens is 266 g/mol. The summed E-state index contributed by atoms with van der Waals surface area (Å²) in [4.78, 5) is 14.8. The van der Waals surface area contributed by atoms with Gasteiger partial charge in [0.15, 0.2) is 0 Å². The fraction of sp³-hybridized carbons (Fsp3) is 0.583. The molecule has 3 rings (SSSR count). The van der Waals surface area contributed by atoms with Gasteiger partial charge in [0, 0.05) is 12.6 Å². The van der Waals surface area contributed by atoms with Crippen LogP contribution in [0.4, 0.5) is 6.01 Å². The maximum atomic E-state index is 5.78. The zero-order chi connectivity index (χ0) is 13.2. The molecule has 19 heavy (non-hydrogen) atoms. The average Bonchev–Trinajstić information content (AvgIpc) is 2.80. The van der Waals surface area contributed by atoms with Crippen molar-refractivity contribution in [2.24, 2.45) is 0 Å². The Kier molecular flexibility index (Phi) is 3.52. The Morgan fingerprint density at radius 3 is 3.26 bits per heavy atom. The molecule has 0 aromatic carbocycles. The van der Waals surface area contributed by atoms with Crippen LogP contribution in [-0.4, -0.2) is 45.5 Å². The van der Waals surface area contributed by atoms with E-state index in [-0.39, 0.29) is 0 Å². The fourth-order valence-electron chi connectivity index (χ4n) is 2.40. The van der Waals surface area contributed by atoms with Gasteiger partial charge in [0.25, 0.3) is 11.7 Å². The van der Waals surface area contributed by atoms with E-state index >= 15 is 0 Å². The molecule has 0 radical (unpaired) electrons. The molecule has 0 aliphatic carbocycles. The lowest BCUT2D eigenvalue weighted by Crippen LogP contribution is -2.41. The molecule has 3 heterocycles. The molecule has 7 heteroatoms. The lowest BCUT2D eigenvalue weighted by molar-refractivity contribution is 0.225. The molecule has 1 fully saturated rings. The van der Waals surface area contributed by atoms with Crippen LogP contribution in [0.2, 0.25) is 5.15 Å². The summed E-state index contributed by atoms with van der Waals surface area (Å²) < 4.78 is 5.52. The number of aromatic nitrogens is 3. The first-order valence-electron chi connectivity index (χ1n) is 6.52. The highest BCUT2D eigenvalue weighted by molar-refractivity contribution is 6.29. The number of rotatable bonds is 3. The molecular formula is C12H16ClN5O. The van der Waals surface area contributed by atoms with E-state index in [2.05, 4.69) is 32.1 Å². The highest BCUT2D eigenvalue weighted by atomic mass is 35.5. The van der Waals surface area contributed by atoms with E-state index in [1.54, 1.807) is 0 Å². The van der Waals surface area contributed by atoms with Crippen molar-refractivity contribution < 1.29 is 4.42 Å². The number of oxazole rings is 1. The van der Waals surface area contributed by atoms with Crippen molar-refractivity contribution in [2.45, 2.75) is 25.8 Å². The summed E-state index contributed by atoms with van der Waals surface area (Å²) in [5.41, 5.74) is 0.855. The van der Waals surface area contributed by atoms with Gasteiger partial charge in [0.05, 0.1) is 6.20 Å². The number of hydrogen-bond donors (Lipinski definition) is 1. The summed E-state index contributed by atoms with van der Waals surface area (Å²) in [6.07, 6.45) is 3.77. The number of nitrogens with zero attached hydrogens (tertiary/aromatic N) is 4. The van der Waals surface area contributed by atoms with Gasteiger partial charge in [0.2, 0.25) is 5.65 Å². The predicted molar refractivity (Wildman–Crippen MR) is 73.4 cm³/mol. The maximum Gasteiger partial charge on any atom is 0.298 e. The summed E-state index contributed by atoms with van der Waals surface area (Å²) in [6, 6.07) is 0.831. The highest BCUT2D eigenvalue weighted by Gasteiger charge is 2.20. The smallest absolute Gasteiger partial charge is 0.298 e. The van der Waals surface area contributed by atoms with Gasteiger partial charge in [-0.3, -0.25) is 0 Å². The van der Waals surface area contributed by atoms with Crippen molar-refractivity contribution >= 4 is 29.0 Å². The normalized spacial score (nSPS) is 20.8. The van der Waals surface area contributed by atoms with Crippen molar-refractivity contribution in [3.8, 4) is 0 Å². The minimum absolute atomic E-state index is 0.321. The van der Waals surface area contributed by atoms with E-state index in [9.17, 15) is 0 Å². The van der Waals surface area contributed by atoms with E-state index < -0.39 is 0 Å². The number of likely N-dealkylation sites (tertiary alicyclic amines) is 1. The topological polar surface area (TPSA) is 67.1 Å². The van der Waals surface area contributed by atoms with Crippen LogP contribution in [-0.2, 0) is 0 Å². The SMILES string of the molecule is CCN1CCC[C@@H](Nc2nc3nc(Cl)cnc3o2)C1. The van der Waals surface area contributed by atoms with E-state index in [4.69, 9.17) is 16.0 Å². The first-order valence-corrected chi connectivity index (χ1v) is 6.90. The maximum absolute atomic E-state index is 5.78. The predicted octanol–water partition coefficient (Wildman–Crippen LogP) is 2.17. The first kappa shape index (κ1) is 12.6.